The Kier molecular flexibility index (Phi) is 6.48. The van der Waals surface area contributed by atoms with E-state index >= 15 is 0 Å². The zero-order chi connectivity index (χ0) is 23.8. The highest BCUT2D eigenvalue weighted by atomic mass is 32.1. The lowest BCUT2D eigenvalue weighted by molar-refractivity contribution is -0.144. The second-order valence-electron chi connectivity index (χ2n) is 7.52. The molecule has 0 unspecified atom stereocenters. The van der Waals surface area contributed by atoms with Crippen molar-refractivity contribution in [2.75, 3.05) is 6.54 Å². The fourth-order valence-electron chi connectivity index (χ4n) is 3.47. The summed E-state index contributed by atoms with van der Waals surface area (Å²) in [5, 5.41) is 9.50. The first-order valence-corrected chi connectivity index (χ1v) is 11.9. The van der Waals surface area contributed by atoms with E-state index in [9.17, 15) is 18.0 Å². The number of fused-ring (bicyclic) bond motifs is 1. The van der Waals surface area contributed by atoms with E-state index in [0.29, 0.717) is 36.3 Å². The highest BCUT2D eigenvalue weighted by Gasteiger charge is 2.37. The Bertz CT molecular complexity index is 1310. The molecule has 0 aromatic carbocycles. The third-order valence-electron chi connectivity index (χ3n) is 5.13. The molecule has 0 saturated carbocycles. The molecular formula is C21H21F3N6OS2. The van der Waals surface area contributed by atoms with Crippen molar-refractivity contribution < 1.29 is 18.0 Å². The number of nitrogens with zero attached hydrogens (tertiary/aromatic N) is 5. The lowest BCUT2D eigenvalue weighted by atomic mass is 10.1. The molecule has 12 heteroatoms. The van der Waals surface area contributed by atoms with Gasteiger partial charge in [-0.05, 0) is 51.3 Å². The number of hydrogen-bond acceptors (Lipinski definition) is 7. The van der Waals surface area contributed by atoms with Crippen LogP contribution in [0.1, 0.15) is 39.1 Å². The van der Waals surface area contributed by atoms with Crippen LogP contribution in [-0.2, 0) is 23.8 Å². The molecule has 174 valence electrons. The Morgan fingerprint density at radius 2 is 1.91 bits per heavy atom. The standard InChI is InChI=1S/C21H21F3N6OS2/c1-11-15(12(2)30-20(26-11)28-19(29-30)21(22,23)24)5-7-18(31)25-9-8-14-4-6-17(33-14)16-10-32-13(3)27-16/h4,6,10H,5,7-9H2,1-3H3,(H,25,31). The fourth-order valence-corrected chi connectivity index (χ4v) is 5.12. The number of halogens is 3. The molecule has 0 radical (unpaired) electrons. The van der Waals surface area contributed by atoms with Crippen molar-refractivity contribution in [2.45, 2.75) is 46.2 Å². The Balaban J connectivity index is 1.33. The SMILES string of the molecule is Cc1nc(-c2ccc(CCNC(=O)CCc3c(C)nc4nc(C(F)(F)F)nn4c3C)s2)cs1. The van der Waals surface area contributed by atoms with E-state index in [-0.39, 0.29) is 18.1 Å². The number of rotatable bonds is 7. The Hall–Kier alpha value is -2.86. The van der Waals surface area contributed by atoms with Crippen LogP contribution in [0.4, 0.5) is 13.2 Å². The molecule has 0 saturated heterocycles. The highest BCUT2D eigenvalue weighted by Crippen LogP contribution is 2.29. The predicted octanol–water partition coefficient (Wildman–Crippen LogP) is 4.54. The normalized spacial score (nSPS) is 11.9. The topological polar surface area (TPSA) is 85.1 Å². The predicted molar refractivity (Wildman–Crippen MR) is 120 cm³/mol. The minimum atomic E-state index is -4.64. The van der Waals surface area contributed by atoms with Crippen LogP contribution in [0.25, 0.3) is 16.3 Å². The van der Waals surface area contributed by atoms with Crippen molar-refractivity contribution in [1.82, 2.24) is 29.9 Å². The van der Waals surface area contributed by atoms with Gasteiger partial charge in [0.25, 0.3) is 11.6 Å². The van der Waals surface area contributed by atoms with Crippen LogP contribution in [0, 0.1) is 20.8 Å². The van der Waals surface area contributed by atoms with Crippen molar-refractivity contribution in [3.63, 3.8) is 0 Å². The first kappa shape index (κ1) is 23.3. The molecule has 0 atom stereocenters. The number of carbonyl (C=O) groups excluding carboxylic acids is 1. The van der Waals surface area contributed by atoms with Gasteiger partial charge < -0.3 is 5.32 Å². The van der Waals surface area contributed by atoms with E-state index in [1.54, 1.807) is 36.5 Å². The summed E-state index contributed by atoms with van der Waals surface area (Å²) in [6, 6.07) is 4.08. The van der Waals surface area contributed by atoms with E-state index in [1.165, 1.54) is 0 Å². The monoisotopic (exact) mass is 494 g/mol. The largest absolute Gasteiger partial charge is 0.453 e. The van der Waals surface area contributed by atoms with Crippen LogP contribution < -0.4 is 5.32 Å². The van der Waals surface area contributed by atoms with Crippen LogP contribution in [-0.4, -0.2) is 37.0 Å². The highest BCUT2D eigenvalue weighted by molar-refractivity contribution is 7.16. The number of amides is 1. The van der Waals surface area contributed by atoms with Gasteiger partial charge in [-0.25, -0.2) is 14.5 Å². The lowest BCUT2D eigenvalue weighted by Gasteiger charge is -2.10. The molecule has 0 fully saturated rings. The van der Waals surface area contributed by atoms with Crippen LogP contribution in [0.2, 0.25) is 0 Å². The second-order valence-corrected chi connectivity index (χ2v) is 9.75. The molecule has 0 aliphatic rings. The van der Waals surface area contributed by atoms with Gasteiger partial charge in [0.2, 0.25) is 5.91 Å². The van der Waals surface area contributed by atoms with Gasteiger partial charge in [-0.15, -0.1) is 27.8 Å². The average Bonchev–Trinajstić information content (AvgIpc) is 3.46. The van der Waals surface area contributed by atoms with Crippen LogP contribution >= 0.6 is 22.7 Å². The number of nitrogens with one attached hydrogen (secondary N) is 1. The zero-order valence-corrected chi connectivity index (χ0v) is 19.8. The zero-order valence-electron chi connectivity index (χ0n) is 18.2. The number of aromatic nitrogens is 5. The van der Waals surface area contributed by atoms with Crippen molar-refractivity contribution in [1.29, 1.82) is 0 Å². The van der Waals surface area contributed by atoms with E-state index in [4.69, 9.17) is 0 Å². The van der Waals surface area contributed by atoms with Crippen molar-refractivity contribution in [3.8, 4) is 10.6 Å². The Morgan fingerprint density at radius 3 is 2.61 bits per heavy atom. The van der Waals surface area contributed by atoms with Crippen LogP contribution in [0.15, 0.2) is 17.5 Å². The van der Waals surface area contributed by atoms with E-state index in [0.717, 1.165) is 25.0 Å². The first-order chi connectivity index (χ1) is 15.6. The van der Waals surface area contributed by atoms with E-state index < -0.39 is 12.0 Å². The number of aryl methyl sites for hydroxylation is 3. The molecule has 4 aromatic heterocycles. The summed E-state index contributed by atoms with van der Waals surface area (Å²) in [5.74, 6) is -1.46. The third kappa shape index (κ3) is 5.22. The Labute approximate surface area is 195 Å². The summed E-state index contributed by atoms with van der Waals surface area (Å²) >= 11 is 3.27. The molecule has 4 heterocycles. The van der Waals surface area contributed by atoms with Gasteiger partial charge in [0, 0.05) is 34.6 Å². The van der Waals surface area contributed by atoms with E-state index in [2.05, 4.69) is 25.4 Å². The molecule has 7 nitrogen and oxygen atoms in total. The number of alkyl halides is 3. The van der Waals surface area contributed by atoms with Crippen molar-refractivity contribution >= 4 is 34.4 Å². The number of hydrogen-bond donors (Lipinski definition) is 1. The minimum absolute atomic E-state index is 0.103. The number of thiophene rings is 1. The van der Waals surface area contributed by atoms with Gasteiger partial charge in [-0.2, -0.15) is 18.2 Å². The quantitative estimate of drug-likeness (QED) is 0.408. The lowest BCUT2D eigenvalue weighted by Crippen LogP contribution is -2.26. The van der Waals surface area contributed by atoms with Gasteiger partial charge in [0.1, 0.15) is 0 Å². The summed E-state index contributed by atoms with van der Waals surface area (Å²) in [4.78, 5) is 26.7. The number of thiazole rings is 1. The third-order valence-corrected chi connectivity index (χ3v) is 7.07. The summed E-state index contributed by atoms with van der Waals surface area (Å²) in [5.41, 5.74) is 2.70. The molecule has 4 rings (SSSR count). The summed E-state index contributed by atoms with van der Waals surface area (Å²) < 4.78 is 39.8. The maximum Gasteiger partial charge on any atom is 0.453 e. The van der Waals surface area contributed by atoms with Crippen molar-refractivity contribution in [3.05, 3.63) is 50.2 Å². The van der Waals surface area contributed by atoms with Crippen LogP contribution in [0.5, 0.6) is 0 Å². The second kappa shape index (κ2) is 9.18. The van der Waals surface area contributed by atoms with Crippen molar-refractivity contribution in [2.24, 2.45) is 0 Å². The molecule has 33 heavy (non-hydrogen) atoms. The van der Waals surface area contributed by atoms with Gasteiger partial charge in [0.15, 0.2) is 0 Å². The average molecular weight is 495 g/mol. The maximum absolute atomic E-state index is 12.9. The molecule has 0 spiro atoms. The Morgan fingerprint density at radius 1 is 1.12 bits per heavy atom. The molecule has 1 N–H and O–H groups in total. The molecule has 4 aromatic rings. The smallest absolute Gasteiger partial charge is 0.356 e. The summed E-state index contributed by atoms with van der Waals surface area (Å²) in [6.45, 7) is 5.82. The van der Waals surface area contributed by atoms with Gasteiger partial charge >= 0.3 is 6.18 Å². The maximum atomic E-state index is 12.9. The summed E-state index contributed by atoms with van der Waals surface area (Å²) in [6.07, 6.45) is -3.38. The number of carbonyl (C=O) groups is 1. The summed E-state index contributed by atoms with van der Waals surface area (Å²) in [7, 11) is 0. The fraction of sp³-hybridized carbons (Fsp3) is 0.381. The molecule has 0 aliphatic carbocycles. The molecule has 0 aliphatic heterocycles. The van der Waals surface area contributed by atoms with E-state index in [1.807, 2.05) is 24.4 Å². The van der Waals surface area contributed by atoms with Crippen LogP contribution in [0.3, 0.4) is 0 Å². The van der Waals surface area contributed by atoms with Gasteiger partial charge in [0.05, 0.1) is 15.6 Å². The molecule has 0 bridgehead atoms. The molecule has 1 amide bonds. The van der Waals surface area contributed by atoms with Gasteiger partial charge in [-0.1, -0.05) is 0 Å². The van der Waals surface area contributed by atoms with Gasteiger partial charge in [-0.3, -0.25) is 4.79 Å². The first-order valence-electron chi connectivity index (χ1n) is 10.2. The molecular weight excluding hydrogens is 473 g/mol. The minimum Gasteiger partial charge on any atom is -0.356 e.